The molecule has 4 rings (SSSR count). The first-order chi connectivity index (χ1) is 13.0. The molecule has 3 atom stereocenters. The normalized spacial score (nSPS) is 22.4. The van der Waals surface area contributed by atoms with Gasteiger partial charge in [-0.1, -0.05) is 11.6 Å². The zero-order chi connectivity index (χ0) is 19.0. The molecular weight excluding hydrogens is 366 g/mol. The van der Waals surface area contributed by atoms with Crippen LogP contribution < -0.4 is 5.32 Å². The van der Waals surface area contributed by atoms with E-state index in [4.69, 9.17) is 11.6 Å². The number of rotatable bonds is 5. The second kappa shape index (κ2) is 7.32. The van der Waals surface area contributed by atoms with E-state index >= 15 is 0 Å². The fourth-order valence-electron chi connectivity index (χ4n) is 3.82. The number of hydrogen-bond acceptors (Lipinski definition) is 4. The van der Waals surface area contributed by atoms with Gasteiger partial charge < -0.3 is 20.0 Å². The van der Waals surface area contributed by atoms with E-state index in [2.05, 4.69) is 20.3 Å². The molecule has 0 aliphatic heterocycles. The number of nitrogens with zero attached hydrogens (tertiary/aromatic N) is 3. The molecule has 1 aliphatic rings. The van der Waals surface area contributed by atoms with Gasteiger partial charge in [0.25, 0.3) is 0 Å². The predicted octanol–water partition coefficient (Wildman–Crippen LogP) is 2.53. The van der Waals surface area contributed by atoms with Crippen LogP contribution in [0.2, 0.25) is 5.02 Å². The van der Waals surface area contributed by atoms with Crippen molar-refractivity contribution in [2.75, 3.05) is 0 Å². The highest BCUT2D eigenvalue weighted by Gasteiger charge is 2.37. The van der Waals surface area contributed by atoms with Gasteiger partial charge in [0.05, 0.1) is 29.2 Å². The number of amides is 1. The quantitative estimate of drug-likeness (QED) is 0.626. The summed E-state index contributed by atoms with van der Waals surface area (Å²) in [7, 11) is 0. The molecule has 0 unspecified atom stereocenters. The van der Waals surface area contributed by atoms with Crippen molar-refractivity contribution in [3.63, 3.8) is 0 Å². The minimum absolute atomic E-state index is 0.0436. The van der Waals surface area contributed by atoms with Crippen LogP contribution in [0.15, 0.2) is 30.6 Å². The zero-order valence-corrected chi connectivity index (χ0v) is 15.8. The van der Waals surface area contributed by atoms with Crippen LogP contribution in [-0.2, 0) is 11.2 Å². The Morgan fingerprint density at radius 1 is 1.44 bits per heavy atom. The van der Waals surface area contributed by atoms with Gasteiger partial charge in [0.15, 0.2) is 0 Å². The standard InChI is InChI=1S/C19H22ClN5O2/c1-11-21-8-9-25(11)16-5-4-14(19(16)27)24-18(26)7-6-17-22-13-3-2-12(20)10-15(13)23-17/h2-3,8-10,14,16,19,27H,4-7H2,1H3,(H,22,23)(H,24,26)/t14-,16-,19-/m1/s1. The molecule has 27 heavy (non-hydrogen) atoms. The first-order valence-electron chi connectivity index (χ1n) is 9.12. The molecule has 0 bridgehead atoms. The van der Waals surface area contributed by atoms with Gasteiger partial charge in [-0.05, 0) is 38.0 Å². The van der Waals surface area contributed by atoms with E-state index in [1.165, 1.54) is 0 Å². The molecule has 1 amide bonds. The average molecular weight is 388 g/mol. The second-order valence-corrected chi connectivity index (χ2v) is 7.47. The summed E-state index contributed by atoms with van der Waals surface area (Å²) in [5, 5.41) is 14.2. The van der Waals surface area contributed by atoms with Gasteiger partial charge in [0.2, 0.25) is 5.91 Å². The summed E-state index contributed by atoms with van der Waals surface area (Å²) in [6, 6.07) is 5.18. The summed E-state index contributed by atoms with van der Waals surface area (Å²) in [5.74, 6) is 1.54. The maximum absolute atomic E-state index is 12.3. The number of fused-ring (bicyclic) bond motifs is 1. The van der Waals surface area contributed by atoms with Crippen LogP contribution in [0.5, 0.6) is 0 Å². The lowest BCUT2D eigenvalue weighted by molar-refractivity contribution is -0.122. The van der Waals surface area contributed by atoms with Crippen LogP contribution >= 0.6 is 11.6 Å². The number of carbonyl (C=O) groups is 1. The van der Waals surface area contributed by atoms with Crippen LogP contribution in [0, 0.1) is 6.92 Å². The van der Waals surface area contributed by atoms with Gasteiger partial charge in [-0.25, -0.2) is 9.97 Å². The molecule has 1 saturated carbocycles. The molecule has 8 heteroatoms. The number of aliphatic hydroxyl groups is 1. The van der Waals surface area contributed by atoms with E-state index in [9.17, 15) is 9.90 Å². The molecule has 2 aromatic heterocycles. The predicted molar refractivity (Wildman–Crippen MR) is 103 cm³/mol. The van der Waals surface area contributed by atoms with Crippen molar-refractivity contribution < 1.29 is 9.90 Å². The molecule has 1 aromatic carbocycles. The van der Waals surface area contributed by atoms with Crippen LogP contribution in [0.1, 0.15) is 37.0 Å². The largest absolute Gasteiger partial charge is 0.389 e. The summed E-state index contributed by atoms with van der Waals surface area (Å²) in [5.41, 5.74) is 1.70. The molecule has 7 nitrogen and oxygen atoms in total. The van der Waals surface area contributed by atoms with E-state index in [0.717, 1.165) is 35.5 Å². The van der Waals surface area contributed by atoms with Gasteiger partial charge >= 0.3 is 0 Å². The fraction of sp³-hybridized carbons (Fsp3) is 0.421. The molecule has 1 aliphatic carbocycles. The molecule has 0 saturated heterocycles. The van der Waals surface area contributed by atoms with Crippen LogP contribution in [-0.4, -0.2) is 42.7 Å². The van der Waals surface area contributed by atoms with E-state index < -0.39 is 6.10 Å². The van der Waals surface area contributed by atoms with Crippen LogP contribution in [0.4, 0.5) is 0 Å². The van der Waals surface area contributed by atoms with E-state index in [0.29, 0.717) is 17.9 Å². The Labute approximate surface area is 161 Å². The second-order valence-electron chi connectivity index (χ2n) is 7.04. The molecule has 0 spiro atoms. The van der Waals surface area contributed by atoms with Crippen LogP contribution in [0.3, 0.4) is 0 Å². The fourth-order valence-corrected chi connectivity index (χ4v) is 4.00. The lowest BCUT2D eigenvalue weighted by Crippen LogP contribution is -2.42. The third-order valence-corrected chi connectivity index (χ3v) is 5.46. The van der Waals surface area contributed by atoms with Gasteiger partial charge in [-0.15, -0.1) is 0 Å². The first kappa shape index (κ1) is 18.0. The monoisotopic (exact) mass is 387 g/mol. The maximum Gasteiger partial charge on any atom is 0.220 e. The topological polar surface area (TPSA) is 95.8 Å². The number of H-pyrrole nitrogens is 1. The van der Waals surface area contributed by atoms with Crippen molar-refractivity contribution in [1.82, 2.24) is 24.8 Å². The number of halogens is 1. The molecular formula is C19H22ClN5O2. The number of aromatic nitrogens is 4. The van der Waals surface area contributed by atoms with E-state index in [1.807, 2.05) is 29.8 Å². The molecule has 0 radical (unpaired) electrons. The number of nitrogens with one attached hydrogen (secondary N) is 2. The average Bonchev–Trinajstić information content (AvgIpc) is 3.32. The van der Waals surface area contributed by atoms with Gasteiger partial charge in [0, 0.05) is 30.3 Å². The van der Waals surface area contributed by atoms with E-state index in [-0.39, 0.29) is 18.0 Å². The summed E-state index contributed by atoms with van der Waals surface area (Å²) in [4.78, 5) is 24.2. The molecule has 3 aromatic rings. The highest BCUT2D eigenvalue weighted by Crippen LogP contribution is 2.31. The Hall–Kier alpha value is -2.38. The zero-order valence-electron chi connectivity index (χ0n) is 15.0. The van der Waals surface area contributed by atoms with Crippen molar-refractivity contribution >= 4 is 28.5 Å². The maximum atomic E-state index is 12.3. The first-order valence-corrected chi connectivity index (χ1v) is 9.50. The smallest absolute Gasteiger partial charge is 0.220 e. The number of hydrogen-bond donors (Lipinski definition) is 3. The molecule has 2 heterocycles. The van der Waals surface area contributed by atoms with Gasteiger partial charge in [-0.2, -0.15) is 0 Å². The SMILES string of the molecule is Cc1nccn1[C@@H]1CC[C@@H](NC(=O)CCc2nc3ccc(Cl)cc3[nH]2)[C@H]1O. The van der Waals surface area contributed by atoms with Crippen molar-refractivity contribution in [3.05, 3.63) is 47.3 Å². The molecule has 1 fully saturated rings. The molecule has 3 N–H and O–H groups in total. The van der Waals surface area contributed by atoms with Crippen molar-refractivity contribution in [1.29, 1.82) is 0 Å². The summed E-state index contributed by atoms with van der Waals surface area (Å²) >= 11 is 5.98. The highest BCUT2D eigenvalue weighted by atomic mass is 35.5. The number of imidazole rings is 2. The third kappa shape index (κ3) is 3.70. The number of aromatic amines is 1. The van der Waals surface area contributed by atoms with E-state index in [1.54, 1.807) is 12.3 Å². The Morgan fingerprint density at radius 2 is 2.30 bits per heavy atom. The van der Waals surface area contributed by atoms with Crippen LogP contribution in [0.25, 0.3) is 11.0 Å². The Morgan fingerprint density at radius 3 is 3.07 bits per heavy atom. The molecule has 142 valence electrons. The summed E-state index contributed by atoms with van der Waals surface area (Å²) in [6.07, 6.45) is 5.37. The Bertz CT molecular complexity index is 966. The Balaban J connectivity index is 1.33. The van der Waals surface area contributed by atoms with Crippen molar-refractivity contribution in [2.45, 2.75) is 50.8 Å². The summed E-state index contributed by atoms with van der Waals surface area (Å²) in [6.45, 7) is 1.92. The minimum atomic E-state index is -0.616. The Kier molecular flexibility index (Phi) is 4.88. The van der Waals surface area contributed by atoms with Crippen molar-refractivity contribution in [3.8, 4) is 0 Å². The van der Waals surface area contributed by atoms with Gasteiger partial charge in [-0.3, -0.25) is 4.79 Å². The van der Waals surface area contributed by atoms with Gasteiger partial charge in [0.1, 0.15) is 11.6 Å². The lowest BCUT2D eigenvalue weighted by Gasteiger charge is -2.22. The minimum Gasteiger partial charge on any atom is -0.389 e. The number of aliphatic hydroxyl groups excluding tert-OH is 1. The summed E-state index contributed by atoms with van der Waals surface area (Å²) < 4.78 is 1.98. The lowest BCUT2D eigenvalue weighted by atomic mass is 10.1. The number of aryl methyl sites for hydroxylation is 2. The highest BCUT2D eigenvalue weighted by molar-refractivity contribution is 6.31. The number of carbonyl (C=O) groups excluding carboxylic acids is 1. The number of benzene rings is 1. The van der Waals surface area contributed by atoms with Crippen molar-refractivity contribution in [2.24, 2.45) is 0 Å². The third-order valence-electron chi connectivity index (χ3n) is 5.23.